The molecule has 0 saturated heterocycles. The van der Waals surface area contributed by atoms with Gasteiger partial charge >= 0.3 is 5.97 Å². The van der Waals surface area contributed by atoms with Crippen LogP contribution in [0.3, 0.4) is 0 Å². The van der Waals surface area contributed by atoms with Crippen LogP contribution >= 0.6 is 0 Å². The normalized spacial score (nSPS) is 12.1. The fraction of sp³-hybridized carbons (Fsp3) is 0.429. The first kappa shape index (κ1) is 26.1. The number of carbonyl (C=O) groups is 2. The number of Topliss-reactive ketones (excluding diaryl/α,β-unsaturated/α-hetero) is 1. The lowest BCUT2D eigenvalue weighted by Gasteiger charge is -2.18. The Morgan fingerprint density at radius 2 is 1.91 bits per heavy atom. The van der Waals surface area contributed by atoms with Crippen LogP contribution in [-0.2, 0) is 29.6 Å². The maximum Gasteiger partial charge on any atom is 0.303 e. The molecule has 7 nitrogen and oxygen atoms in total. The van der Waals surface area contributed by atoms with Gasteiger partial charge in [-0.25, -0.2) is 4.98 Å². The van der Waals surface area contributed by atoms with Gasteiger partial charge in [0.25, 0.3) is 0 Å². The topological polar surface area (TPSA) is 105 Å². The minimum atomic E-state index is -0.904. The first-order chi connectivity index (χ1) is 16.8. The van der Waals surface area contributed by atoms with Gasteiger partial charge in [-0.05, 0) is 42.7 Å². The van der Waals surface area contributed by atoms with Crippen LogP contribution in [0.5, 0.6) is 0 Å². The number of benzene rings is 1. The van der Waals surface area contributed by atoms with Gasteiger partial charge in [0.1, 0.15) is 11.7 Å². The van der Waals surface area contributed by atoms with E-state index in [4.69, 9.17) is 4.74 Å². The molecule has 7 heteroatoms. The molecule has 1 aromatic carbocycles. The number of aromatic nitrogens is 2. The first-order valence-corrected chi connectivity index (χ1v) is 12.1. The van der Waals surface area contributed by atoms with Gasteiger partial charge in [-0.3, -0.25) is 9.59 Å². The summed E-state index contributed by atoms with van der Waals surface area (Å²) in [6.07, 6.45) is 3.94. The highest BCUT2D eigenvalue weighted by molar-refractivity contribution is 6.09. The summed E-state index contributed by atoms with van der Waals surface area (Å²) in [6, 6.07) is 13.8. The summed E-state index contributed by atoms with van der Waals surface area (Å²) < 4.78 is 7.72. The highest BCUT2D eigenvalue weighted by Crippen LogP contribution is 2.30. The van der Waals surface area contributed by atoms with Crippen LogP contribution in [0.2, 0.25) is 0 Å². The zero-order chi connectivity index (χ0) is 25.4. The van der Waals surface area contributed by atoms with Crippen molar-refractivity contribution < 1.29 is 19.4 Å². The Labute approximate surface area is 206 Å². The summed E-state index contributed by atoms with van der Waals surface area (Å²) in [6.45, 7) is 5.07. The summed E-state index contributed by atoms with van der Waals surface area (Å²) >= 11 is 0. The van der Waals surface area contributed by atoms with Gasteiger partial charge < -0.3 is 14.4 Å². The van der Waals surface area contributed by atoms with Gasteiger partial charge in [-0.15, -0.1) is 0 Å². The number of carboxylic acids is 1. The second-order valence-electron chi connectivity index (χ2n) is 9.31. The number of hydrogen-bond acceptors (Lipinski definition) is 5. The van der Waals surface area contributed by atoms with Crippen molar-refractivity contribution in [3.8, 4) is 6.07 Å². The van der Waals surface area contributed by atoms with Crippen molar-refractivity contribution in [3.05, 3.63) is 65.0 Å². The van der Waals surface area contributed by atoms with Gasteiger partial charge in [-0.1, -0.05) is 44.2 Å². The van der Waals surface area contributed by atoms with Crippen LogP contribution in [0.4, 0.5) is 0 Å². The van der Waals surface area contributed by atoms with E-state index in [1.54, 1.807) is 6.07 Å². The maximum absolute atomic E-state index is 13.5. The molecule has 3 aromatic rings. The van der Waals surface area contributed by atoms with Gasteiger partial charge in [0.15, 0.2) is 5.78 Å². The second-order valence-corrected chi connectivity index (χ2v) is 9.31. The molecule has 0 amide bonds. The van der Waals surface area contributed by atoms with Crippen LogP contribution in [0, 0.1) is 23.2 Å². The number of pyridine rings is 1. The zero-order valence-electron chi connectivity index (χ0n) is 20.7. The van der Waals surface area contributed by atoms with Crippen molar-refractivity contribution in [1.29, 1.82) is 5.26 Å². The molecule has 1 N–H and O–H groups in total. The van der Waals surface area contributed by atoms with Crippen LogP contribution in [0.15, 0.2) is 42.6 Å². The first-order valence-electron chi connectivity index (χ1n) is 12.1. The SMILES string of the molecule is CC(C)[C@H](CC(=O)O)CC(=O)c1c(CCCCOCc2ccccc2)n(C)c2ncc(C#N)cc12. The predicted octanol–water partition coefficient (Wildman–Crippen LogP) is 5.30. The predicted molar refractivity (Wildman–Crippen MR) is 134 cm³/mol. The Morgan fingerprint density at radius 1 is 1.17 bits per heavy atom. The van der Waals surface area contributed by atoms with Crippen molar-refractivity contribution in [2.45, 2.75) is 52.6 Å². The minimum Gasteiger partial charge on any atom is -0.481 e. The number of hydrogen-bond donors (Lipinski definition) is 1. The quantitative estimate of drug-likeness (QED) is 0.265. The van der Waals surface area contributed by atoms with Crippen LogP contribution < -0.4 is 0 Å². The number of nitriles is 1. The third-order valence-electron chi connectivity index (χ3n) is 6.45. The van der Waals surface area contributed by atoms with E-state index in [9.17, 15) is 20.0 Å². The molecule has 0 unspecified atom stereocenters. The Kier molecular flexibility index (Phi) is 9.16. The molecule has 0 spiro atoms. The van der Waals surface area contributed by atoms with E-state index in [0.717, 1.165) is 24.1 Å². The van der Waals surface area contributed by atoms with Crippen LogP contribution in [-0.4, -0.2) is 33.0 Å². The number of carbonyl (C=O) groups excluding carboxylic acids is 1. The van der Waals surface area contributed by atoms with E-state index in [0.29, 0.717) is 41.8 Å². The van der Waals surface area contributed by atoms with Gasteiger partial charge in [0, 0.05) is 49.3 Å². The van der Waals surface area contributed by atoms with Crippen LogP contribution in [0.25, 0.3) is 11.0 Å². The molecule has 0 bridgehead atoms. The largest absolute Gasteiger partial charge is 0.481 e. The monoisotopic (exact) mass is 475 g/mol. The molecule has 35 heavy (non-hydrogen) atoms. The fourth-order valence-electron chi connectivity index (χ4n) is 4.39. The van der Waals surface area contributed by atoms with E-state index < -0.39 is 5.97 Å². The zero-order valence-corrected chi connectivity index (χ0v) is 20.7. The molecule has 0 radical (unpaired) electrons. The molecule has 2 heterocycles. The Balaban J connectivity index is 1.77. The number of aryl methyl sites for hydroxylation is 1. The lowest BCUT2D eigenvalue weighted by molar-refractivity contribution is -0.138. The van der Waals surface area contributed by atoms with E-state index in [-0.39, 0.29) is 30.5 Å². The molecule has 3 rings (SSSR count). The number of fused-ring (bicyclic) bond motifs is 1. The van der Waals surface area contributed by atoms with Crippen molar-refractivity contribution in [3.63, 3.8) is 0 Å². The third-order valence-corrected chi connectivity index (χ3v) is 6.45. The van der Waals surface area contributed by atoms with Gasteiger partial charge in [0.2, 0.25) is 0 Å². The lowest BCUT2D eigenvalue weighted by atomic mass is 9.85. The van der Waals surface area contributed by atoms with Gasteiger partial charge in [-0.2, -0.15) is 5.26 Å². The molecule has 0 aliphatic heterocycles. The van der Waals surface area contributed by atoms with Gasteiger partial charge in [0.05, 0.1) is 12.2 Å². The smallest absolute Gasteiger partial charge is 0.303 e. The standard InChI is InChI=1S/C28H33N3O4/c1-19(2)22(15-26(33)34)14-25(32)27-23-13-21(16-29)17-30-28(23)31(3)24(27)11-7-8-12-35-18-20-9-5-4-6-10-20/h4-6,9-10,13,17,19,22H,7-8,11-12,14-15,18H2,1-3H3,(H,33,34)/t22-/m0/s1. The summed E-state index contributed by atoms with van der Waals surface area (Å²) in [5.41, 5.74) is 3.61. The number of ketones is 1. The van der Waals surface area contributed by atoms with Crippen molar-refractivity contribution >= 4 is 22.8 Å². The van der Waals surface area contributed by atoms with Crippen molar-refractivity contribution in [2.75, 3.05) is 6.61 Å². The molecule has 0 fully saturated rings. The fourth-order valence-corrected chi connectivity index (χ4v) is 4.39. The molecular weight excluding hydrogens is 442 g/mol. The lowest BCUT2D eigenvalue weighted by Crippen LogP contribution is -2.19. The number of aliphatic carboxylic acids is 1. The summed E-state index contributed by atoms with van der Waals surface area (Å²) in [7, 11) is 1.89. The maximum atomic E-state index is 13.5. The van der Waals surface area contributed by atoms with E-state index in [1.807, 2.05) is 55.8 Å². The summed E-state index contributed by atoms with van der Waals surface area (Å²) in [5, 5.41) is 19.3. The summed E-state index contributed by atoms with van der Waals surface area (Å²) in [4.78, 5) is 29.3. The highest BCUT2D eigenvalue weighted by atomic mass is 16.5. The third kappa shape index (κ3) is 6.77. The number of nitrogens with zero attached hydrogens (tertiary/aromatic N) is 3. The molecule has 2 aromatic heterocycles. The molecule has 0 aliphatic carbocycles. The molecule has 0 aliphatic rings. The number of ether oxygens (including phenoxy) is 1. The van der Waals surface area contributed by atoms with Crippen LogP contribution in [0.1, 0.15) is 66.7 Å². The Hall–Kier alpha value is -3.50. The average molecular weight is 476 g/mol. The number of rotatable bonds is 13. The number of unbranched alkanes of at least 4 members (excludes halogenated alkanes) is 1. The minimum absolute atomic E-state index is 0.0516. The van der Waals surface area contributed by atoms with E-state index in [2.05, 4.69) is 11.1 Å². The second kappa shape index (κ2) is 12.3. The number of carboxylic acid groups (broad SMARTS) is 1. The molecular formula is C28H33N3O4. The Bertz CT molecular complexity index is 1210. The Morgan fingerprint density at radius 3 is 2.57 bits per heavy atom. The molecule has 184 valence electrons. The molecule has 0 saturated carbocycles. The average Bonchev–Trinajstić information content (AvgIpc) is 3.11. The summed E-state index contributed by atoms with van der Waals surface area (Å²) in [5.74, 6) is -1.20. The molecule has 1 atom stereocenters. The van der Waals surface area contributed by atoms with E-state index in [1.165, 1.54) is 6.20 Å². The van der Waals surface area contributed by atoms with Crippen molar-refractivity contribution in [2.24, 2.45) is 18.9 Å². The van der Waals surface area contributed by atoms with E-state index >= 15 is 0 Å². The highest BCUT2D eigenvalue weighted by Gasteiger charge is 2.27. The van der Waals surface area contributed by atoms with Crippen molar-refractivity contribution in [1.82, 2.24) is 9.55 Å².